The Kier molecular flexibility index (Phi) is 2.71. The van der Waals surface area contributed by atoms with E-state index in [1.807, 2.05) is 6.20 Å². The van der Waals surface area contributed by atoms with Crippen LogP contribution >= 0.6 is 0 Å². The maximum absolute atomic E-state index is 3.36. The van der Waals surface area contributed by atoms with E-state index in [2.05, 4.69) is 33.7 Å². The molecule has 0 aliphatic carbocycles. The maximum atomic E-state index is 3.36. The van der Waals surface area contributed by atoms with Gasteiger partial charge in [-0.2, -0.15) is 0 Å². The molecule has 2 aliphatic rings. The number of rotatable bonds is 2. The van der Waals surface area contributed by atoms with Crippen LogP contribution in [0.15, 0.2) is 12.4 Å². The Hall–Kier alpha value is -0.740. The molecule has 1 saturated heterocycles. The number of likely N-dealkylation sites (N-methyl/N-ethyl adjacent to an activating group) is 1. The normalized spacial score (nSPS) is 29.3. The first kappa shape index (κ1) is 8.84. The number of piperazine rings is 1. The van der Waals surface area contributed by atoms with E-state index in [4.69, 9.17) is 0 Å². The molecule has 0 saturated carbocycles. The topological polar surface area (TPSA) is 30.5 Å². The second-order valence-corrected chi connectivity index (χ2v) is 3.71. The van der Waals surface area contributed by atoms with Gasteiger partial charge in [0.25, 0.3) is 0 Å². The second-order valence-electron chi connectivity index (χ2n) is 3.71. The minimum atomic E-state index is 0.470. The molecule has 1 atom stereocenters. The van der Waals surface area contributed by atoms with Crippen molar-refractivity contribution in [3.63, 3.8) is 0 Å². The largest absolute Gasteiger partial charge is 0.369 e. The molecule has 1 unspecified atom stereocenters. The van der Waals surface area contributed by atoms with Crippen molar-refractivity contribution >= 4 is 0 Å². The molecule has 13 heavy (non-hydrogen) atoms. The van der Waals surface area contributed by atoms with Gasteiger partial charge in [-0.25, -0.2) is 0 Å². The SMILES string of the molecule is CN1C=CNC1CN1CCNCC1. The van der Waals surface area contributed by atoms with E-state index in [1.54, 1.807) is 0 Å². The van der Waals surface area contributed by atoms with Gasteiger partial charge in [0.15, 0.2) is 0 Å². The van der Waals surface area contributed by atoms with Crippen molar-refractivity contribution < 1.29 is 0 Å². The molecule has 1 fully saturated rings. The van der Waals surface area contributed by atoms with Crippen LogP contribution in [-0.4, -0.2) is 55.7 Å². The van der Waals surface area contributed by atoms with Crippen molar-refractivity contribution in [1.29, 1.82) is 0 Å². The standard InChI is InChI=1S/C9H18N4/c1-12-5-4-11-9(12)8-13-6-2-10-3-7-13/h4-5,9-11H,2-3,6-8H2,1H3. The molecule has 4 nitrogen and oxygen atoms in total. The van der Waals surface area contributed by atoms with Crippen molar-refractivity contribution in [2.24, 2.45) is 0 Å². The third-order valence-corrected chi connectivity index (χ3v) is 2.73. The van der Waals surface area contributed by atoms with E-state index >= 15 is 0 Å². The average Bonchev–Trinajstić information content (AvgIpc) is 2.54. The summed E-state index contributed by atoms with van der Waals surface area (Å²) in [5, 5.41) is 6.70. The van der Waals surface area contributed by atoms with Crippen LogP contribution < -0.4 is 10.6 Å². The third-order valence-electron chi connectivity index (χ3n) is 2.73. The molecule has 4 heteroatoms. The zero-order chi connectivity index (χ0) is 9.10. The molecule has 0 aromatic carbocycles. The van der Waals surface area contributed by atoms with Crippen LogP contribution in [0.5, 0.6) is 0 Å². The van der Waals surface area contributed by atoms with Gasteiger partial charge >= 0.3 is 0 Å². The molecular formula is C9H18N4. The molecule has 0 aromatic rings. The fraction of sp³-hybridized carbons (Fsp3) is 0.778. The van der Waals surface area contributed by atoms with Crippen LogP contribution in [-0.2, 0) is 0 Å². The predicted molar refractivity (Wildman–Crippen MR) is 53.1 cm³/mol. The van der Waals surface area contributed by atoms with Gasteiger partial charge in [-0.3, -0.25) is 4.90 Å². The predicted octanol–water partition coefficient (Wildman–Crippen LogP) is -0.776. The Balaban J connectivity index is 1.76. The van der Waals surface area contributed by atoms with Gasteiger partial charge in [0.1, 0.15) is 6.17 Å². The molecule has 0 bridgehead atoms. The quantitative estimate of drug-likeness (QED) is 0.587. The lowest BCUT2D eigenvalue weighted by atomic mass is 10.3. The van der Waals surface area contributed by atoms with Crippen molar-refractivity contribution in [3.8, 4) is 0 Å². The van der Waals surface area contributed by atoms with Crippen LogP contribution in [0.4, 0.5) is 0 Å². The first-order chi connectivity index (χ1) is 6.36. The lowest BCUT2D eigenvalue weighted by Gasteiger charge is -2.32. The van der Waals surface area contributed by atoms with Crippen LogP contribution in [0.3, 0.4) is 0 Å². The summed E-state index contributed by atoms with van der Waals surface area (Å²) in [7, 11) is 2.11. The van der Waals surface area contributed by atoms with Gasteiger partial charge < -0.3 is 15.5 Å². The van der Waals surface area contributed by atoms with E-state index in [1.165, 1.54) is 13.1 Å². The average molecular weight is 182 g/mol. The summed E-state index contributed by atoms with van der Waals surface area (Å²) in [5.41, 5.74) is 0. The van der Waals surface area contributed by atoms with Crippen LogP contribution in [0.2, 0.25) is 0 Å². The van der Waals surface area contributed by atoms with E-state index in [9.17, 15) is 0 Å². The first-order valence-corrected chi connectivity index (χ1v) is 4.94. The van der Waals surface area contributed by atoms with Crippen molar-refractivity contribution in [3.05, 3.63) is 12.4 Å². The lowest BCUT2D eigenvalue weighted by molar-refractivity contribution is 0.177. The van der Waals surface area contributed by atoms with Crippen molar-refractivity contribution in [2.45, 2.75) is 6.17 Å². The molecule has 0 radical (unpaired) electrons. The summed E-state index contributed by atoms with van der Waals surface area (Å²) in [5.74, 6) is 0. The summed E-state index contributed by atoms with van der Waals surface area (Å²) < 4.78 is 0. The smallest absolute Gasteiger partial charge is 0.111 e. The van der Waals surface area contributed by atoms with Gasteiger partial charge in [-0.05, 0) is 0 Å². The summed E-state index contributed by atoms with van der Waals surface area (Å²) in [6, 6.07) is 0. The molecule has 0 aromatic heterocycles. The number of hydrogen-bond donors (Lipinski definition) is 2. The van der Waals surface area contributed by atoms with E-state index in [0.29, 0.717) is 6.17 Å². The highest BCUT2D eigenvalue weighted by molar-refractivity contribution is 4.93. The van der Waals surface area contributed by atoms with Gasteiger partial charge in [0, 0.05) is 52.2 Å². The first-order valence-electron chi connectivity index (χ1n) is 4.94. The van der Waals surface area contributed by atoms with Crippen molar-refractivity contribution in [1.82, 2.24) is 20.4 Å². The Bertz CT molecular complexity index is 186. The Morgan fingerprint density at radius 1 is 1.38 bits per heavy atom. The third kappa shape index (κ3) is 2.14. The van der Waals surface area contributed by atoms with E-state index in [0.717, 1.165) is 19.6 Å². The molecule has 2 rings (SSSR count). The van der Waals surface area contributed by atoms with Crippen LogP contribution in [0.1, 0.15) is 0 Å². The van der Waals surface area contributed by atoms with Crippen LogP contribution in [0, 0.1) is 0 Å². The summed E-state index contributed by atoms with van der Waals surface area (Å²) in [4.78, 5) is 4.72. The Labute approximate surface area is 79.6 Å². The molecule has 2 N–H and O–H groups in total. The molecule has 0 spiro atoms. The highest BCUT2D eigenvalue weighted by atomic mass is 15.3. The van der Waals surface area contributed by atoms with Crippen LogP contribution in [0.25, 0.3) is 0 Å². The number of nitrogens with zero attached hydrogens (tertiary/aromatic N) is 2. The Morgan fingerprint density at radius 3 is 2.77 bits per heavy atom. The summed E-state index contributed by atoms with van der Waals surface area (Å²) in [6.45, 7) is 5.72. The molecule has 2 aliphatic heterocycles. The second kappa shape index (κ2) is 3.98. The summed E-state index contributed by atoms with van der Waals surface area (Å²) in [6.07, 6.45) is 4.58. The molecule has 2 heterocycles. The monoisotopic (exact) mass is 182 g/mol. The van der Waals surface area contributed by atoms with Gasteiger partial charge in [0.05, 0.1) is 0 Å². The van der Waals surface area contributed by atoms with E-state index in [-0.39, 0.29) is 0 Å². The molecule has 74 valence electrons. The van der Waals surface area contributed by atoms with Gasteiger partial charge in [0.2, 0.25) is 0 Å². The van der Waals surface area contributed by atoms with Gasteiger partial charge in [-0.15, -0.1) is 0 Å². The fourth-order valence-corrected chi connectivity index (χ4v) is 1.81. The highest BCUT2D eigenvalue weighted by Crippen LogP contribution is 2.04. The van der Waals surface area contributed by atoms with Gasteiger partial charge in [-0.1, -0.05) is 0 Å². The number of hydrogen-bond acceptors (Lipinski definition) is 4. The summed E-state index contributed by atoms with van der Waals surface area (Å²) >= 11 is 0. The fourth-order valence-electron chi connectivity index (χ4n) is 1.81. The minimum absolute atomic E-state index is 0.470. The maximum Gasteiger partial charge on any atom is 0.111 e. The lowest BCUT2D eigenvalue weighted by Crippen LogP contribution is -2.50. The molecule has 0 amide bonds. The minimum Gasteiger partial charge on any atom is -0.369 e. The zero-order valence-electron chi connectivity index (χ0n) is 8.16. The van der Waals surface area contributed by atoms with E-state index < -0.39 is 0 Å². The Morgan fingerprint density at radius 2 is 2.15 bits per heavy atom. The molecular weight excluding hydrogens is 164 g/mol. The highest BCUT2D eigenvalue weighted by Gasteiger charge is 2.19. The van der Waals surface area contributed by atoms with Crippen molar-refractivity contribution in [2.75, 3.05) is 39.8 Å². The zero-order valence-corrected chi connectivity index (χ0v) is 8.16. The number of nitrogens with one attached hydrogen (secondary N) is 2.